The quantitative estimate of drug-likeness (QED) is 0.505. The van der Waals surface area contributed by atoms with Crippen molar-refractivity contribution < 1.29 is 27.4 Å². The summed E-state index contributed by atoms with van der Waals surface area (Å²) in [7, 11) is -4.08. The van der Waals surface area contributed by atoms with Crippen molar-refractivity contribution >= 4 is 27.7 Å². The highest BCUT2D eigenvalue weighted by atomic mass is 32.2. The summed E-state index contributed by atoms with van der Waals surface area (Å²) in [6.45, 7) is 5.12. The first-order chi connectivity index (χ1) is 15.5. The van der Waals surface area contributed by atoms with E-state index in [1.807, 2.05) is 44.2 Å². The fourth-order valence-corrected chi connectivity index (χ4v) is 7.53. The molecule has 33 heavy (non-hydrogen) atoms. The van der Waals surface area contributed by atoms with E-state index in [2.05, 4.69) is 5.32 Å². The van der Waals surface area contributed by atoms with E-state index < -0.39 is 21.3 Å². The highest BCUT2D eigenvalue weighted by Crippen LogP contribution is 2.64. The van der Waals surface area contributed by atoms with Crippen molar-refractivity contribution in [3.8, 4) is 0 Å². The van der Waals surface area contributed by atoms with Gasteiger partial charge in [-0.05, 0) is 49.1 Å². The molecule has 2 aliphatic heterocycles. The van der Waals surface area contributed by atoms with Gasteiger partial charge in [0.25, 0.3) is 10.1 Å². The van der Waals surface area contributed by atoms with Gasteiger partial charge in [0.05, 0.1) is 29.7 Å². The van der Waals surface area contributed by atoms with Crippen LogP contribution in [-0.2, 0) is 31.0 Å². The van der Waals surface area contributed by atoms with E-state index in [1.165, 1.54) is 4.90 Å². The Morgan fingerprint density at radius 2 is 1.79 bits per heavy atom. The smallest absolute Gasteiger partial charge is 0.265 e. The molecule has 2 heterocycles. The van der Waals surface area contributed by atoms with Gasteiger partial charge < -0.3 is 5.32 Å². The van der Waals surface area contributed by atoms with E-state index in [-0.39, 0.29) is 40.9 Å². The minimum Gasteiger partial charge on any atom is -0.305 e. The van der Waals surface area contributed by atoms with Crippen LogP contribution in [0.5, 0.6) is 0 Å². The summed E-state index contributed by atoms with van der Waals surface area (Å²) in [5.41, 5.74) is -0.122. The van der Waals surface area contributed by atoms with Crippen molar-refractivity contribution in [1.29, 1.82) is 0 Å². The van der Waals surface area contributed by atoms with Crippen molar-refractivity contribution in [2.24, 2.45) is 22.7 Å². The van der Waals surface area contributed by atoms with E-state index in [0.29, 0.717) is 19.4 Å². The third-order valence-corrected chi connectivity index (χ3v) is 9.18. The molecule has 2 saturated carbocycles. The number of hydrogen-bond acceptors (Lipinski definition) is 6. The van der Waals surface area contributed by atoms with Crippen LogP contribution in [0.2, 0.25) is 0 Å². The summed E-state index contributed by atoms with van der Waals surface area (Å²) < 4.78 is 31.0. The van der Waals surface area contributed by atoms with Crippen LogP contribution < -0.4 is 5.32 Å². The minimum atomic E-state index is -4.08. The van der Waals surface area contributed by atoms with Gasteiger partial charge in [0, 0.05) is 6.42 Å². The second kappa shape index (κ2) is 8.60. The lowest BCUT2D eigenvalue weighted by molar-refractivity contribution is -0.140. The number of Topliss-reactive ketones (excluding diaryl/α,β-unsaturated/α-hetero) is 1. The van der Waals surface area contributed by atoms with Crippen molar-refractivity contribution in [2.45, 2.75) is 58.5 Å². The molecule has 4 fully saturated rings. The maximum Gasteiger partial charge on any atom is 0.265 e. The van der Waals surface area contributed by atoms with Crippen LogP contribution in [0, 0.1) is 22.7 Å². The Hall–Kier alpha value is -2.10. The van der Waals surface area contributed by atoms with Gasteiger partial charge in [0.2, 0.25) is 11.8 Å². The molecule has 2 N–H and O–H groups in total. The number of amides is 2. The van der Waals surface area contributed by atoms with Crippen LogP contribution in [0.1, 0.15) is 51.5 Å². The maximum atomic E-state index is 12.2. The first-order valence-electron chi connectivity index (χ1n) is 11.6. The summed E-state index contributed by atoms with van der Waals surface area (Å²) in [6, 6.07) is 9.37. The van der Waals surface area contributed by atoms with Crippen LogP contribution in [-0.4, -0.2) is 53.8 Å². The number of rotatable bonds is 4. The van der Waals surface area contributed by atoms with Gasteiger partial charge in [-0.3, -0.25) is 23.8 Å². The number of fused-ring (bicyclic) bond motifs is 3. The van der Waals surface area contributed by atoms with Crippen molar-refractivity contribution in [3.05, 3.63) is 35.9 Å². The molecule has 180 valence electrons. The number of carbonyl (C=O) groups is 3. The summed E-state index contributed by atoms with van der Waals surface area (Å²) in [4.78, 5) is 37.7. The number of likely N-dealkylation sites (tertiary alicyclic amines) is 1. The van der Waals surface area contributed by atoms with E-state index in [9.17, 15) is 22.8 Å². The van der Waals surface area contributed by atoms with Crippen LogP contribution >= 0.6 is 0 Å². The summed E-state index contributed by atoms with van der Waals surface area (Å²) in [5.74, 6) is -0.319. The zero-order valence-corrected chi connectivity index (χ0v) is 19.9. The molecule has 4 aliphatic rings. The number of hydrogen-bond donors (Lipinski definition) is 2. The molecular weight excluding hydrogens is 444 g/mol. The lowest BCUT2D eigenvalue weighted by atomic mass is 9.70. The molecule has 9 heteroatoms. The average Bonchev–Trinajstić information content (AvgIpc) is 3.22. The Bertz CT molecular complexity index is 1030. The molecule has 0 aromatic heterocycles. The Morgan fingerprint density at radius 1 is 1.09 bits per heavy atom. The number of nitrogens with zero attached hydrogens (tertiary/aromatic N) is 1. The zero-order valence-electron chi connectivity index (χ0n) is 19.1. The topological polar surface area (TPSA) is 121 Å². The van der Waals surface area contributed by atoms with Crippen molar-refractivity contribution in [1.82, 2.24) is 10.2 Å². The van der Waals surface area contributed by atoms with E-state index in [4.69, 9.17) is 4.55 Å². The van der Waals surface area contributed by atoms with Crippen LogP contribution in [0.4, 0.5) is 0 Å². The van der Waals surface area contributed by atoms with Crippen LogP contribution in [0.3, 0.4) is 0 Å². The average molecular weight is 477 g/mol. The normalized spacial score (nSPS) is 32.5. The first-order valence-corrected chi connectivity index (χ1v) is 13.2. The second-order valence-electron chi connectivity index (χ2n) is 10.3. The molecule has 1 aromatic rings. The SMILES string of the molecule is CC1(C)C2CC[C@@]1(CS(=O)(=O)O)C(=O)C2.O=C1[C@H]2NCCC[C@H]2C(=O)N1Cc1ccccc1. The standard InChI is InChI=1S/C14H16N2O2.C10H16O4S/c17-13-11-7-4-8-15-12(11)14(18)16(13)9-10-5-2-1-3-6-10;1-9(2)7-3-4-10(9,8(11)5-7)6-15(12,13)14/h1-3,5-6,11-12,15H,4,7-9H2;7H,3-6H2,1-2H3,(H,12,13,14)/t11-,12+;7?,10-/m11/s1. The van der Waals surface area contributed by atoms with Gasteiger partial charge in [0.1, 0.15) is 5.78 Å². The molecule has 5 rings (SSSR count). The molecule has 1 unspecified atom stereocenters. The van der Waals surface area contributed by atoms with Gasteiger partial charge in [-0.25, -0.2) is 0 Å². The van der Waals surface area contributed by atoms with Gasteiger partial charge in [-0.2, -0.15) is 8.42 Å². The molecule has 0 spiro atoms. The lowest BCUT2D eigenvalue weighted by Gasteiger charge is -2.35. The predicted octanol–water partition coefficient (Wildman–Crippen LogP) is 2.19. The summed E-state index contributed by atoms with van der Waals surface area (Å²) in [5, 5.41) is 3.16. The molecule has 2 aliphatic carbocycles. The first kappa shape index (κ1) is 24.0. The number of ketones is 1. The van der Waals surface area contributed by atoms with Gasteiger partial charge in [-0.1, -0.05) is 44.2 Å². The molecule has 2 amide bonds. The molecule has 2 bridgehead atoms. The highest BCUT2D eigenvalue weighted by Gasteiger charge is 2.65. The van der Waals surface area contributed by atoms with E-state index in [1.54, 1.807) is 0 Å². The van der Waals surface area contributed by atoms with Crippen molar-refractivity contribution in [3.63, 3.8) is 0 Å². The minimum absolute atomic E-state index is 0.0129. The monoisotopic (exact) mass is 476 g/mol. The number of imide groups is 1. The fraction of sp³-hybridized carbons (Fsp3) is 0.625. The van der Waals surface area contributed by atoms with E-state index >= 15 is 0 Å². The molecule has 4 atom stereocenters. The Kier molecular flexibility index (Phi) is 6.26. The van der Waals surface area contributed by atoms with Crippen molar-refractivity contribution in [2.75, 3.05) is 12.3 Å². The summed E-state index contributed by atoms with van der Waals surface area (Å²) in [6.07, 6.45) is 3.77. The van der Waals surface area contributed by atoms with E-state index in [0.717, 1.165) is 31.4 Å². The third kappa shape index (κ3) is 4.26. The Morgan fingerprint density at radius 3 is 2.33 bits per heavy atom. The fourth-order valence-electron chi connectivity index (χ4n) is 6.23. The largest absolute Gasteiger partial charge is 0.305 e. The van der Waals surface area contributed by atoms with Crippen LogP contribution in [0.15, 0.2) is 30.3 Å². The summed E-state index contributed by atoms with van der Waals surface area (Å²) >= 11 is 0. The maximum absolute atomic E-state index is 12.2. The third-order valence-electron chi connectivity index (χ3n) is 8.33. The number of carbonyl (C=O) groups excluding carboxylic acids is 3. The molecule has 2 saturated heterocycles. The lowest BCUT2D eigenvalue weighted by Crippen LogP contribution is -2.44. The Labute approximate surface area is 194 Å². The predicted molar refractivity (Wildman–Crippen MR) is 121 cm³/mol. The Balaban J connectivity index is 0.000000160. The zero-order chi connectivity index (χ0) is 24.0. The van der Waals surface area contributed by atoms with Crippen LogP contribution in [0.25, 0.3) is 0 Å². The molecule has 1 aromatic carbocycles. The second-order valence-corrected chi connectivity index (χ2v) is 11.8. The van der Waals surface area contributed by atoms with Gasteiger partial charge in [-0.15, -0.1) is 0 Å². The molecule has 8 nitrogen and oxygen atoms in total. The number of nitrogens with one attached hydrogen (secondary N) is 1. The molecular formula is C24H32N2O6S. The molecule has 0 radical (unpaired) electrons. The number of benzene rings is 1. The highest BCUT2D eigenvalue weighted by molar-refractivity contribution is 7.85. The number of piperidine rings is 1. The van der Waals surface area contributed by atoms with Gasteiger partial charge >= 0.3 is 0 Å². The van der Waals surface area contributed by atoms with Gasteiger partial charge in [0.15, 0.2) is 0 Å².